The predicted molar refractivity (Wildman–Crippen MR) is 79.8 cm³/mol. The highest BCUT2D eigenvalue weighted by atomic mass is 35.5. The molecule has 18 heavy (non-hydrogen) atoms. The summed E-state index contributed by atoms with van der Waals surface area (Å²) in [6.45, 7) is 0. The van der Waals surface area contributed by atoms with Crippen LogP contribution in [0.25, 0.3) is 11.1 Å². The second-order valence-corrected chi connectivity index (χ2v) is 3.49. The summed E-state index contributed by atoms with van der Waals surface area (Å²) in [6, 6.07) is 17.5. The molecule has 96 valence electrons. The fraction of sp³-hybridized carbons (Fsp3) is 0.0714. The largest absolute Gasteiger partial charge is 0.355 e. The zero-order valence-corrected chi connectivity index (χ0v) is 11.6. The Morgan fingerprint density at radius 3 is 2.06 bits per heavy atom. The Morgan fingerprint density at radius 1 is 0.889 bits per heavy atom. The van der Waals surface area contributed by atoms with Gasteiger partial charge < -0.3 is 5.32 Å². The fourth-order valence-electron chi connectivity index (χ4n) is 1.69. The second-order valence-electron chi connectivity index (χ2n) is 3.49. The first-order valence-electron chi connectivity index (χ1n) is 5.19. The monoisotopic (exact) mass is 283 g/mol. The third kappa shape index (κ3) is 3.49. The number of nitrogens with one attached hydrogen (secondary N) is 1. The highest BCUT2D eigenvalue weighted by Crippen LogP contribution is 2.22. The Morgan fingerprint density at radius 2 is 1.44 bits per heavy atom. The van der Waals surface area contributed by atoms with Gasteiger partial charge in [-0.2, -0.15) is 0 Å². The minimum atomic E-state index is -0.0561. The van der Waals surface area contributed by atoms with E-state index in [2.05, 4.69) is 5.32 Å². The maximum Gasteiger partial charge on any atom is 0.251 e. The molecule has 0 atom stereocenters. The van der Waals surface area contributed by atoms with Crippen LogP contribution in [0.4, 0.5) is 0 Å². The summed E-state index contributed by atoms with van der Waals surface area (Å²) in [6.07, 6.45) is 0. The lowest BCUT2D eigenvalue weighted by atomic mass is 9.99. The summed E-state index contributed by atoms with van der Waals surface area (Å²) < 4.78 is 0. The first kappa shape index (κ1) is 16.5. The van der Waals surface area contributed by atoms with Gasteiger partial charge in [-0.25, -0.2) is 0 Å². The first-order valence-corrected chi connectivity index (χ1v) is 5.19. The third-order valence-corrected chi connectivity index (χ3v) is 2.48. The van der Waals surface area contributed by atoms with Crippen LogP contribution in [-0.2, 0) is 0 Å². The molecule has 0 saturated heterocycles. The van der Waals surface area contributed by atoms with Gasteiger partial charge in [-0.3, -0.25) is 4.79 Å². The molecule has 0 aliphatic carbocycles. The average Bonchev–Trinajstić information content (AvgIpc) is 2.39. The van der Waals surface area contributed by atoms with Crippen LogP contribution in [-0.4, -0.2) is 13.0 Å². The number of carbonyl (C=O) groups excluding carboxylic acids is 1. The molecule has 0 spiro atoms. The number of amides is 1. The van der Waals surface area contributed by atoms with Crippen LogP contribution in [0.3, 0.4) is 0 Å². The molecule has 2 aromatic carbocycles. The highest BCUT2D eigenvalue weighted by Gasteiger charge is 2.09. The van der Waals surface area contributed by atoms with Gasteiger partial charge in [0.05, 0.1) is 0 Å². The molecule has 2 nitrogen and oxygen atoms in total. The Hall–Kier alpha value is -1.51. The minimum absolute atomic E-state index is 0. The van der Waals surface area contributed by atoms with Crippen LogP contribution in [0.15, 0.2) is 54.6 Å². The van der Waals surface area contributed by atoms with Gasteiger partial charge in [0.1, 0.15) is 0 Å². The lowest BCUT2D eigenvalue weighted by Gasteiger charge is -2.07. The van der Waals surface area contributed by atoms with E-state index in [9.17, 15) is 4.79 Å². The van der Waals surface area contributed by atoms with Crippen LogP contribution in [0.1, 0.15) is 10.4 Å². The van der Waals surface area contributed by atoms with E-state index >= 15 is 0 Å². The maximum absolute atomic E-state index is 11.7. The van der Waals surface area contributed by atoms with E-state index < -0.39 is 0 Å². The summed E-state index contributed by atoms with van der Waals surface area (Å²) >= 11 is 0. The molecule has 0 fully saturated rings. The van der Waals surface area contributed by atoms with Crippen molar-refractivity contribution in [3.8, 4) is 11.1 Å². The molecular formula is C14H15Cl2NO. The normalized spacial score (nSPS) is 8.72. The molecule has 0 aromatic heterocycles. The van der Waals surface area contributed by atoms with Gasteiger partial charge in [-0.1, -0.05) is 48.5 Å². The van der Waals surface area contributed by atoms with Gasteiger partial charge in [-0.15, -0.1) is 24.8 Å². The predicted octanol–water partition coefficient (Wildman–Crippen LogP) is 3.56. The van der Waals surface area contributed by atoms with E-state index in [4.69, 9.17) is 0 Å². The van der Waals surface area contributed by atoms with E-state index in [0.717, 1.165) is 11.1 Å². The summed E-state index contributed by atoms with van der Waals surface area (Å²) in [5.41, 5.74) is 2.72. The van der Waals surface area contributed by atoms with Crippen LogP contribution in [0.5, 0.6) is 0 Å². The number of hydrogen-bond acceptors (Lipinski definition) is 1. The number of benzene rings is 2. The van der Waals surface area contributed by atoms with Crippen molar-refractivity contribution >= 4 is 30.7 Å². The molecule has 0 aliphatic heterocycles. The standard InChI is InChI=1S/C14H13NO.2ClH/c1-15-14(16)13-10-6-5-9-12(13)11-7-3-2-4-8-11;;/h2-10H,1H3,(H,15,16);2*1H. The summed E-state index contributed by atoms with van der Waals surface area (Å²) in [4.78, 5) is 11.7. The molecule has 1 amide bonds. The van der Waals surface area contributed by atoms with E-state index in [1.807, 2.05) is 54.6 Å². The lowest BCUT2D eigenvalue weighted by Crippen LogP contribution is -2.18. The molecule has 0 saturated carbocycles. The van der Waals surface area contributed by atoms with E-state index in [-0.39, 0.29) is 30.7 Å². The Balaban J connectivity index is 0.00000144. The van der Waals surface area contributed by atoms with Crippen molar-refractivity contribution in [1.29, 1.82) is 0 Å². The minimum Gasteiger partial charge on any atom is -0.355 e. The molecule has 0 bridgehead atoms. The zero-order chi connectivity index (χ0) is 11.4. The quantitative estimate of drug-likeness (QED) is 0.897. The summed E-state index contributed by atoms with van der Waals surface area (Å²) in [5.74, 6) is -0.0561. The molecule has 0 radical (unpaired) electrons. The van der Waals surface area contributed by atoms with Gasteiger partial charge in [0, 0.05) is 12.6 Å². The Kier molecular flexibility index (Phi) is 7.10. The molecule has 4 heteroatoms. The smallest absolute Gasteiger partial charge is 0.251 e. The Bertz CT molecular complexity index is 500. The number of halogens is 2. The number of hydrogen-bond donors (Lipinski definition) is 1. The molecular weight excluding hydrogens is 269 g/mol. The van der Waals surface area contributed by atoms with E-state index in [1.54, 1.807) is 7.05 Å². The van der Waals surface area contributed by atoms with Gasteiger partial charge in [0.25, 0.3) is 5.91 Å². The molecule has 1 N–H and O–H groups in total. The van der Waals surface area contributed by atoms with Gasteiger partial charge >= 0.3 is 0 Å². The summed E-state index contributed by atoms with van der Waals surface area (Å²) in [7, 11) is 1.64. The molecule has 0 aliphatic rings. The molecule has 2 rings (SSSR count). The third-order valence-electron chi connectivity index (χ3n) is 2.48. The van der Waals surface area contributed by atoms with Crippen molar-refractivity contribution < 1.29 is 4.79 Å². The number of carbonyl (C=O) groups is 1. The van der Waals surface area contributed by atoms with Crippen LogP contribution in [0.2, 0.25) is 0 Å². The highest BCUT2D eigenvalue weighted by molar-refractivity contribution is 6.00. The zero-order valence-electron chi connectivity index (χ0n) is 9.92. The summed E-state index contributed by atoms with van der Waals surface area (Å²) in [5, 5.41) is 2.65. The second kappa shape index (κ2) is 7.75. The van der Waals surface area contributed by atoms with Crippen LogP contribution in [0, 0.1) is 0 Å². The van der Waals surface area contributed by atoms with Crippen molar-refractivity contribution in [2.24, 2.45) is 0 Å². The average molecular weight is 284 g/mol. The van der Waals surface area contributed by atoms with Gasteiger partial charge in [0.2, 0.25) is 0 Å². The van der Waals surface area contributed by atoms with Crippen LogP contribution >= 0.6 is 24.8 Å². The fourth-order valence-corrected chi connectivity index (χ4v) is 1.69. The molecule has 2 aromatic rings. The maximum atomic E-state index is 11.7. The van der Waals surface area contributed by atoms with Gasteiger partial charge in [0.15, 0.2) is 0 Å². The van der Waals surface area contributed by atoms with Gasteiger partial charge in [-0.05, 0) is 17.2 Å². The number of rotatable bonds is 2. The van der Waals surface area contributed by atoms with Crippen molar-refractivity contribution in [3.63, 3.8) is 0 Å². The van der Waals surface area contributed by atoms with Crippen LogP contribution < -0.4 is 5.32 Å². The molecule has 0 unspecified atom stereocenters. The van der Waals surface area contributed by atoms with Crippen molar-refractivity contribution in [1.82, 2.24) is 5.32 Å². The first-order chi connectivity index (χ1) is 7.83. The molecule has 0 heterocycles. The Labute approximate surface area is 119 Å². The van der Waals surface area contributed by atoms with E-state index in [1.165, 1.54) is 0 Å². The van der Waals surface area contributed by atoms with E-state index in [0.29, 0.717) is 5.56 Å². The van der Waals surface area contributed by atoms with Crippen molar-refractivity contribution in [3.05, 3.63) is 60.2 Å². The van der Waals surface area contributed by atoms with Crippen molar-refractivity contribution in [2.45, 2.75) is 0 Å². The lowest BCUT2D eigenvalue weighted by molar-refractivity contribution is 0.0963. The SMILES string of the molecule is CNC(=O)c1ccccc1-c1ccccc1.Cl.Cl. The van der Waals surface area contributed by atoms with Crippen molar-refractivity contribution in [2.75, 3.05) is 7.05 Å². The topological polar surface area (TPSA) is 29.1 Å².